The molecule has 2 heteroatoms. The second-order valence-electron chi connectivity index (χ2n) is 5.35. The third-order valence-electron chi connectivity index (χ3n) is 3.59. The van der Waals surface area contributed by atoms with Gasteiger partial charge in [0.15, 0.2) is 0 Å². The Kier molecular flexibility index (Phi) is 5.81. The van der Waals surface area contributed by atoms with Crippen LogP contribution in [0.3, 0.4) is 0 Å². The second kappa shape index (κ2) is 7.61. The molecule has 2 aromatic rings. The standard InChI is InChI=1S/C18H25NS/c1-4-7-15-8-6-9-16(13-15)17(19-11-5-2)18-14(3)10-12-20-18/h6,8-10,12-13,17,19H,4-5,7,11H2,1-3H3. The van der Waals surface area contributed by atoms with Crippen molar-refractivity contribution < 1.29 is 0 Å². The molecule has 0 aliphatic heterocycles. The van der Waals surface area contributed by atoms with Crippen LogP contribution in [0.15, 0.2) is 35.7 Å². The fraction of sp³-hybridized carbons (Fsp3) is 0.444. The number of nitrogens with one attached hydrogen (secondary N) is 1. The molecule has 1 atom stereocenters. The lowest BCUT2D eigenvalue weighted by Gasteiger charge is -2.20. The zero-order chi connectivity index (χ0) is 14.4. The quantitative estimate of drug-likeness (QED) is 0.747. The monoisotopic (exact) mass is 287 g/mol. The fourth-order valence-electron chi connectivity index (χ4n) is 2.55. The molecule has 2 rings (SSSR count). The van der Waals surface area contributed by atoms with Gasteiger partial charge in [-0.2, -0.15) is 0 Å². The number of aryl methyl sites for hydroxylation is 2. The van der Waals surface area contributed by atoms with Crippen LogP contribution in [0.4, 0.5) is 0 Å². The van der Waals surface area contributed by atoms with E-state index in [9.17, 15) is 0 Å². The zero-order valence-electron chi connectivity index (χ0n) is 12.8. The minimum absolute atomic E-state index is 0.340. The van der Waals surface area contributed by atoms with Crippen molar-refractivity contribution in [1.29, 1.82) is 0 Å². The summed E-state index contributed by atoms with van der Waals surface area (Å²) in [6.45, 7) is 7.73. The maximum absolute atomic E-state index is 3.71. The van der Waals surface area contributed by atoms with Gasteiger partial charge in [-0.1, -0.05) is 44.5 Å². The van der Waals surface area contributed by atoms with Crippen molar-refractivity contribution in [3.63, 3.8) is 0 Å². The van der Waals surface area contributed by atoms with Crippen molar-refractivity contribution >= 4 is 11.3 Å². The molecule has 1 nitrogen and oxygen atoms in total. The lowest BCUT2D eigenvalue weighted by atomic mass is 9.99. The van der Waals surface area contributed by atoms with Gasteiger partial charge >= 0.3 is 0 Å². The van der Waals surface area contributed by atoms with E-state index in [1.54, 1.807) is 0 Å². The van der Waals surface area contributed by atoms with Crippen LogP contribution in [0.25, 0.3) is 0 Å². The molecule has 20 heavy (non-hydrogen) atoms. The number of hydrogen-bond donors (Lipinski definition) is 1. The molecule has 0 saturated carbocycles. The lowest BCUT2D eigenvalue weighted by Crippen LogP contribution is -2.23. The molecule has 0 spiro atoms. The number of rotatable bonds is 7. The van der Waals surface area contributed by atoms with Gasteiger partial charge < -0.3 is 5.32 Å². The van der Waals surface area contributed by atoms with Crippen molar-refractivity contribution in [1.82, 2.24) is 5.32 Å². The Bertz CT molecular complexity index is 530. The van der Waals surface area contributed by atoms with E-state index in [0.29, 0.717) is 6.04 Å². The molecule has 0 amide bonds. The first-order chi connectivity index (χ1) is 9.76. The summed E-state index contributed by atoms with van der Waals surface area (Å²) in [5.74, 6) is 0. The maximum Gasteiger partial charge on any atom is 0.0673 e. The van der Waals surface area contributed by atoms with E-state index in [0.717, 1.165) is 19.4 Å². The van der Waals surface area contributed by atoms with Crippen molar-refractivity contribution in [2.45, 2.75) is 46.1 Å². The van der Waals surface area contributed by atoms with Gasteiger partial charge in [0.25, 0.3) is 0 Å². The van der Waals surface area contributed by atoms with E-state index in [1.165, 1.54) is 28.0 Å². The minimum atomic E-state index is 0.340. The van der Waals surface area contributed by atoms with Crippen molar-refractivity contribution in [3.05, 3.63) is 57.3 Å². The highest BCUT2D eigenvalue weighted by atomic mass is 32.1. The van der Waals surface area contributed by atoms with Crippen LogP contribution in [-0.4, -0.2) is 6.54 Å². The second-order valence-corrected chi connectivity index (χ2v) is 6.30. The Balaban J connectivity index is 2.31. The van der Waals surface area contributed by atoms with Gasteiger partial charge in [0.05, 0.1) is 6.04 Å². The van der Waals surface area contributed by atoms with E-state index >= 15 is 0 Å². The first-order valence-corrected chi connectivity index (χ1v) is 8.50. The van der Waals surface area contributed by atoms with Gasteiger partial charge in [-0.05, 0) is 54.4 Å². The van der Waals surface area contributed by atoms with Gasteiger partial charge in [0, 0.05) is 4.88 Å². The van der Waals surface area contributed by atoms with E-state index in [-0.39, 0.29) is 0 Å². The Hall–Kier alpha value is -1.12. The summed E-state index contributed by atoms with van der Waals surface area (Å²) < 4.78 is 0. The SMILES string of the molecule is CCCNC(c1cccc(CCC)c1)c1sccc1C. The predicted molar refractivity (Wildman–Crippen MR) is 89.6 cm³/mol. The van der Waals surface area contributed by atoms with Crippen LogP contribution in [0, 0.1) is 6.92 Å². The molecule has 0 fully saturated rings. The molecule has 0 aliphatic carbocycles. The van der Waals surface area contributed by atoms with Gasteiger partial charge in [-0.3, -0.25) is 0 Å². The molecule has 0 radical (unpaired) electrons. The predicted octanol–water partition coefficient (Wildman–Crippen LogP) is 5.10. The van der Waals surface area contributed by atoms with E-state index < -0.39 is 0 Å². The highest BCUT2D eigenvalue weighted by Gasteiger charge is 2.16. The molecule has 0 bridgehead atoms. The van der Waals surface area contributed by atoms with E-state index in [1.807, 2.05) is 11.3 Å². The average molecular weight is 287 g/mol. The van der Waals surface area contributed by atoms with Gasteiger partial charge in [-0.15, -0.1) is 11.3 Å². The molecule has 108 valence electrons. The molecule has 0 aliphatic rings. The van der Waals surface area contributed by atoms with E-state index in [2.05, 4.69) is 61.8 Å². The summed E-state index contributed by atoms with van der Waals surface area (Å²) in [5.41, 5.74) is 4.24. The third-order valence-corrected chi connectivity index (χ3v) is 4.67. The Morgan fingerprint density at radius 3 is 2.65 bits per heavy atom. The van der Waals surface area contributed by atoms with Gasteiger partial charge in [0.1, 0.15) is 0 Å². The zero-order valence-corrected chi connectivity index (χ0v) is 13.6. The van der Waals surface area contributed by atoms with Gasteiger partial charge in [-0.25, -0.2) is 0 Å². The topological polar surface area (TPSA) is 12.0 Å². The van der Waals surface area contributed by atoms with Crippen LogP contribution < -0.4 is 5.32 Å². The number of benzene rings is 1. The smallest absolute Gasteiger partial charge is 0.0673 e. The normalized spacial score (nSPS) is 12.6. The minimum Gasteiger partial charge on any atom is -0.306 e. The summed E-state index contributed by atoms with van der Waals surface area (Å²) in [5, 5.41) is 5.90. The molecule has 1 aromatic carbocycles. The largest absolute Gasteiger partial charge is 0.306 e. The summed E-state index contributed by atoms with van der Waals surface area (Å²) in [4.78, 5) is 1.45. The van der Waals surface area contributed by atoms with Crippen molar-refractivity contribution in [2.75, 3.05) is 6.54 Å². The third kappa shape index (κ3) is 3.71. The maximum atomic E-state index is 3.71. The molecular formula is C18H25NS. The fourth-order valence-corrected chi connectivity index (χ4v) is 3.58. The molecule has 1 unspecified atom stereocenters. The molecule has 1 heterocycles. The molecule has 0 saturated heterocycles. The van der Waals surface area contributed by atoms with Gasteiger partial charge in [0.2, 0.25) is 0 Å². The van der Waals surface area contributed by atoms with Crippen LogP contribution >= 0.6 is 11.3 Å². The van der Waals surface area contributed by atoms with Crippen LogP contribution in [0.1, 0.15) is 54.3 Å². The first-order valence-electron chi connectivity index (χ1n) is 7.62. The molecule has 1 N–H and O–H groups in total. The Morgan fingerprint density at radius 1 is 1.15 bits per heavy atom. The van der Waals surface area contributed by atoms with Crippen LogP contribution in [-0.2, 0) is 6.42 Å². The average Bonchev–Trinajstić information content (AvgIpc) is 2.87. The highest BCUT2D eigenvalue weighted by Crippen LogP contribution is 2.30. The number of thiophene rings is 1. The summed E-state index contributed by atoms with van der Waals surface area (Å²) in [6.07, 6.45) is 3.53. The summed E-state index contributed by atoms with van der Waals surface area (Å²) in [6, 6.07) is 11.6. The summed E-state index contributed by atoms with van der Waals surface area (Å²) >= 11 is 1.86. The highest BCUT2D eigenvalue weighted by molar-refractivity contribution is 7.10. The Morgan fingerprint density at radius 2 is 2.00 bits per heavy atom. The first kappa shape index (κ1) is 15.3. The van der Waals surface area contributed by atoms with Crippen molar-refractivity contribution in [2.24, 2.45) is 0 Å². The Labute approximate surface area is 127 Å². The lowest BCUT2D eigenvalue weighted by molar-refractivity contribution is 0.603. The van der Waals surface area contributed by atoms with Crippen LogP contribution in [0.5, 0.6) is 0 Å². The molecule has 1 aromatic heterocycles. The number of hydrogen-bond acceptors (Lipinski definition) is 2. The summed E-state index contributed by atoms with van der Waals surface area (Å²) in [7, 11) is 0. The van der Waals surface area contributed by atoms with E-state index in [4.69, 9.17) is 0 Å². The molecular weight excluding hydrogens is 262 g/mol. The van der Waals surface area contributed by atoms with Crippen molar-refractivity contribution in [3.8, 4) is 0 Å². The van der Waals surface area contributed by atoms with Crippen LogP contribution in [0.2, 0.25) is 0 Å².